The highest BCUT2D eigenvalue weighted by Crippen LogP contribution is 2.17. The number of carbonyl (C=O) groups is 1. The molecule has 2 rings (SSSR count). The maximum absolute atomic E-state index is 12.0. The molecule has 0 bridgehead atoms. The fraction of sp³-hybridized carbons (Fsp3) is 0.357. The summed E-state index contributed by atoms with van der Waals surface area (Å²) in [5.41, 5.74) is 0.308. The Bertz CT molecular complexity index is 623. The van der Waals surface area contributed by atoms with E-state index in [4.69, 9.17) is 5.14 Å². The van der Waals surface area contributed by atoms with Crippen LogP contribution in [0.25, 0.3) is 0 Å². The zero-order valence-corrected chi connectivity index (χ0v) is 11.9. The van der Waals surface area contributed by atoms with Gasteiger partial charge in [-0.3, -0.25) is 4.79 Å². The van der Waals surface area contributed by atoms with E-state index in [2.05, 4.69) is 17.5 Å². The highest BCUT2D eigenvalue weighted by Gasteiger charge is 2.14. The van der Waals surface area contributed by atoms with E-state index in [0.29, 0.717) is 18.0 Å². The second kappa shape index (κ2) is 6.19. The van der Waals surface area contributed by atoms with Crippen LogP contribution in [0.3, 0.4) is 0 Å². The normalized spacial score (nSPS) is 18.8. The first kappa shape index (κ1) is 14.7. The lowest BCUT2D eigenvalue weighted by Gasteiger charge is -2.18. The molecule has 0 aliphatic heterocycles. The quantitative estimate of drug-likeness (QED) is 0.823. The van der Waals surface area contributed by atoms with E-state index < -0.39 is 10.0 Å². The lowest BCUT2D eigenvalue weighted by molar-refractivity contribution is 0.0946. The number of primary sulfonamides is 1. The Kier molecular flexibility index (Phi) is 4.57. The minimum absolute atomic E-state index is 0.0502. The molecule has 0 radical (unpaired) electrons. The molecule has 1 unspecified atom stereocenters. The lowest BCUT2D eigenvalue weighted by atomic mass is 9.94. The molecule has 1 aromatic carbocycles. The number of amides is 1. The number of nitrogens with one attached hydrogen (secondary N) is 1. The monoisotopic (exact) mass is 294 g/mol. The van der Waals surface area contributed by atoms with Gasteiger partial charge in [-0.2, -0.15) is 0 Å². The minimum atomic E-state index is -3.78. The van der Waals surface area contributed by atoms with Crippen molar-refractivity contribution >= 4 is 15.9 Å². The summed E-state index contributed by atoms with van der Waals surface area (Å²) in [6.45, 7) is 0.600. The molecule has 108 valence electrons. The Balaban J connectivity index is 2.00. The highest BCUT2D eigenvalue weighted by molar-refractivity contribution is 7.89. The molecule has 0 saturated carbocycles. The third-order valence-corrected chi connectivity index (χ3v) is 4.26. The summed E-state index contributed by atoms with van der Waals surface area (Å²) in [6.07, 6.45) is 7.35. The van der Waals surface area contributed by atoms with Crippen LogP contribution in [-0.2, 0) is 10.0 Å². The number of hydrogen-bond acceptors (Lipinski definition) is 3. The van der Waals surface area contributed by atoms with Gasteiger partial charge in [0.25, 0.3) is 5.91 Å². The van der Waals surface area contributed by atoms with Crippen molar-refractivity contribution in [3.8, 4) is 0 Å². The van der Waals surface area contributed by atoms with Crippen molar-refractivity contribution in [3.63, 3.8) is 0 Å². The zero-order chi connectivity index (χ0) is 14.6. The molecule has 0 fully saturated rings. The third-order valence-electron chi connectivity index (χ3n) is 3.35. The van der Waals surface area contributed by atoms with E-state index in [-0.39, 0.29) is 10.8 Å². The van der Waals surface area contributed by atoms with E-state index in [1.807, 2.05) is 0 Å². The number of hydrogen-bond donors (Lipinski definition) is 2. The first-order chi connectivity index (χ1) is 9.47. The fourth-order valence-corrected chi connectivity index (χ4v) is 2.75. The smallest absolute Gasteiger partial charge is 0.251 e. The molecular weight excluding hydrogens is 276 g/mol. The second-order valence-corrected chi connectivity index (χ2v) is 6.49. The van der Waals surface area contributed by atoms with Crippen LogP contribution in [-0.4, -0.2) is 20.9 Å². The van der Waals surface area contributed by atoms with Crippen molar-refractivity contribution in [2.24, 2.45) is 11.1 Å². The van der Waals surface area contributed by atoms with E-state index in [9.17, 15) is 13.2 Å². The van der Waals surface area contributed by atoms with Gasteiger partial charge in [-0.15, -0.1) is 0 Å². The number of allylic oxidation sites excluding steroid dienone is 2. The van der Waals surface area contributed by atoms with E-state index in [1.165, 1.54) is 18.2 Å². The van der Waals surface area contributed by atoms with Gasteiger partial charge < -0.3 is 5.32 Å². The number of benzene rings is 1. The molecule has 6 heteroatoms. The second-order valence-electron chi connectivity index (χ2n) is 4.93. The summed E-state index contributed by atoms with van der Waals surface area (Å²) in [5, 5.41) is 7.89. The molecule has 1 aliphatic rings. The van der Waals surface area contributed by atoms with Crippen molar-refractivity contribution in [2.45, 2.75) is 24.2 Å². The van der Waals surface area contributed by atoms with Gasteiger partial charge in [0.15, 0.2) is 0 Å². The Morgan fingerprint density at radius 3 is 2.80 bits per heavy atom. The molecule has 0 heterocycles. The summed E-state index contributed by atoms with van der Waals surface area (Å²) in [7, 11) is -3.78. The van der Waals surface area contributed by atoms with Crippen molar-refractivity contribution in [1.82, 2.24) is 5.32 Å². The molecule has 1 aromatic rings. The molecule has 1 aliphatic carbocycles. The number of nitrogens with two attached hydrogens (primary N) is 1. The van der Waals surface area contributed by atoms with Crippen molar-refractivity contribution in [1.29, 1.82) is 0 Å². The lowest BCUT2D eigenvalue weighted by Crippen LogP contribution is -2.29. The van der Waals surface area contributed by atoms with Gasteiger partial charge >= 0.3 is 0 Å². The maximum Gasteiger partial charge on any atom is 0.251 e. The molecule has 1 atom stereocenters. The molecule has 3 N–H and O–H groups in total. The molecule has 0 aromatic heterocycles. The summed E-state index contributed by atoms with van der Waals surface area (Å²) in [4.78, 5) is 12.0. The maximum atomic E-state index is 12.0. The van der Waals surface area contributed by atoms with Gasteiger partial charge in [0.1, 0.15) is 0 Å². The van der Waals surface area contributed by atoms with Crippen LogP contribution in [0.5, 0.6) is 0 Å². The fourth-order valence-electron chi connectivity index (χ4n) is 2.20. The predicted octanol–water partition coefficient (Wildman–Crippen LogP) is 1.42. The first-order valence-electron chi connectivity index (χ1n) is 6.53. The highest BCUT2D eigenvalue weighted by atomic mass is 32.2. The number of sulfonamides is 1. The van der Waals surface area contributed by atoms with Gasteiger partial charge in [0.05, 0.1) is 4.90 Å². The molecule has 1 amide bonds. The van der Waals surface area contributed by atoms with Gasteiger partial charge in [-0.25, -0.2) is 13.6 Å². The molecule has 0 spiro atoms. The molecule has 20 heavy (non-hydrogen) atoms. The summed E-state index contributed by atoms with van der Waals surface area (Å²) >= 11 is 0. The van der Waals surface area contributed by atoms with E-state index >= 15 is 0 Å². The standard InChI is InChI=1S/C14H18N2O3S/c15-20(18,19)13-8-4-7-12(9-13)14(17)16-10-11-5-2-1-3-6-11/h1-2,4,7-9,11H,3,5-6,10H2,(H,16,17)(H2,15,18,19). The van der Waals surface area contributed by atoms with Gasteiger partial charge in [0, 0.05) is 12.1 Å². The van der Waals surface area contributed by atoms with Gasteiger partial charge in [0.2, 0.25) is 10.0 Å². The Hall–Kier alpha value is -1.66. The first-order valence-corrected chi connectivity index (χ1v) is 8.07. The summed E-state index contributed by atoms with van der Waals surface area (Å²) < 4.78 is 22.5. The number of rotatable bonds is 4. The molecular formula is C14H18N2O3S. The molecule has 0 saturated heterocycles. The third kappa shape index (κ3) is 3.91. The average molecular weight is 294 g/mol. The average Bonchev–Trinajstić information content (AvgIpc) is 2.45. The molecule has 5 nitrogen and oxygen atoms in total. The van der Waals surface area contributed by atoms with E-state index in [1.54, 1.807) is 6.07 Å². The van der Waals surface area contributed by atoms with Crippen LogP contribution in [0.15, 0.2) is 41.3 Å². The topological polar surface area (TPSA) is 89.3 Å². The van der Waals surface area contributed by atoms with Crippen LogP contribution >= 0.6 is 0 Å². The predicted molar refractivity (Wildman–Crippen MR) is 76.6 cm³/mol. The van der Waals surface area contributed by atoms with Crippen molar-refractivity contribution in [2.75, 3.05) is 6.54 Å². The Labute approximate surface area is 118 Å². The Morgan fingerprint density at radius 1 is 1.35 bits per heavy atom. The van der Waals surface area contributed by atoms with Crippen molar-refractivity contribution < 1.29 is 13.2 Å². The largest absolute Gasteiger partial charge is 0.352 e. The van der Waals surface area contributed by atoms with Gasteiger partial charge in [-0.05, 0) is 43.4 Å². The van der Waals surface area contributed by atoms with Crippen LogP contribution in [0.1, 0.15) is 29.6 Å². The van der Waals surface area contributed by atoms with Crippen LogP contribution in [0.2, 0.25) is 0 Å². The zero-order valence-electron chi connectivity index (χ0n) is 11.1. The summed E-state index contributed by atoms with van der Waals surface area (Å²) in [6, 6.07) is 5.76. The van der Waals surface area contributed by atoms with Crippen LogP contribution in [0, 0.1) is 5.92 Å². The van der Waals surface area contributed by atoms with Crippen LogP contribution in [0.4, 0.5) is 0 Å². The van der Waals surface area contributed by atoms with Crippen molar-refractivity contribution in [3.05, 3.63) is 42.0 Å². The Morgan fingerprint density at radius 2 is 2.15 bits per heavy atom. The SMILES string of the molecule is NS(=O)(=O)c1cccc(C(=O)NCC2CC=CCC2)c1. The number of carbonyl (C=O) groups excluding carboxylic acids is 1. The van der Waals surface area contributed by atoms with E-state index in [0.717, 1.165) is 19.3 Å². The van der Waals surface area contributed by atoms with Gasteiger partial charge in [-0.1, -0.05) is 18.2 Å². The summed E-state index contributed by atoms with van der Waals surface area (Å²) in [5.74, 6) is 0.176. The van der Waals surface area contributed by atoms with Crippen LogP contribution < -0.4 is 10.5 Å². The minimum Gasteiger partial charge on any atom is -0.352 e.